The predicted molar refractivity (Wildman–Crippen MR) is 112 cm³/mol. The molecule has 28 heavy (non-hydrogen) atoms. The number of benzene rings is 2. The third-order valence-electron chi connectivity index (χ3n) is 5.30. The summed E-state index contributed by atoms with van der Waals surface area (Å²) in [5, 5.41) is 9.88. The first-order chi connectivity index (χ1) is 13.3. The minimum absolute atomic E-state index is 0.103. The van der Waals surface area contributed by atoms with Crippen LogP contribution in [0.1, 0.15) is 38.8 Å². The van der Waals surface area contributed by atoms with Gasteiger partial charge in [-0.05, 0) is 35.2 Å². The molecule has 2 unspecified atom stereocenters. The number of carbonyl (C=O) groups is 2. The van der Waals surface area contributed by atoms with E-state index in [9.17, 15) is 9.59 Å². The maximum absolute atomic E-state index is 13.2. The number of allylic oxidation sites excluding steroid dienone is 1. The van der Waals surface area contributed by atoms with E-state index in [4.69, 9.17) is 0 Å². The van der Waals surface area contributed by atoms with Crippen molar-refractivity contribution in [1.82, 2.24) is 0 Å². The van der Waals surface area contributed by atoms with Gasteiger partial charge in [-0.1, -0.05) is 44.2 Å². The molecule has 1 aliphatic carbocycles. The summed E-state index contributed by atoms with van der Waals surface area (Å²) >= 11 is 0. The summed E-state index contributed by atoms with van der Waals surface area (Å²) in [4.78, 5) is 24.5. The van der Waals surface area contributed by atoms with Crippen molar-refractivity contribution in [3.05, 3.63) is 65.9 Å². The van der Waals surface area contributed by atoms with Crippen molar-refractivity contribution in [3.8, 4) is 0 Å². The van der Waals surface area contributed by atoms with Crippen LogP contribution >= 0.6 is 0 Å². The fourth-order valence-electron chi connectivity index (χ4n) is 4.15. The number of rotatable bonds is 2. The monoisotopic (exact) mass is 375 g/mol. The number of hydrogen-bond donors (Lipinski definition) is 3. The second kappa shape index (κ2) is 6.82. The van der Waals surface area contributed by atoms with Crippen LogP contribution in [0.2, 0.25) is 0 Å². The van der Waals surface area contributed by atoms with Gasteiger partial charge in [-0.3, -0.25) is 9.59 Å². The first kappa shape index (κ1) is 18.3. The molecular weight excluding hydrogens is 350 g/mol. The third kappa shape index (κ3) is 3.52. The van der Waals surface area contributed by atoms with Gasteiger partial charge in [-0.2, -0.15) is 0 Å². The molecule has 2 aromatic carbocycles. The van der Waals surface area contributed by atoms with E-state index in [1.807, 2.05) is 48.5 Å². The Morgan fingerprint density at radius 3 is 2.43 bits per heavy atom. The summed E-state index contributed by atoms with van der Waals surface area (Å²) in [5.74, 6) is -0.160. The van der Waals surface area contributed by atoms with Crippen LogP contribution in [0, 0.1) is 11.3 Å². The molecule has 0 saturated heterocycles. The molecule has 5 nitrogen and oxygen atoms in total. The lowest BCUT2D eigenvalue weighted by Crippen LogP contribution is -2.36. The first-order valence-corrected chi connectivity index (χ1v) is 9.58. The highest BCUT2D eigenvalue weighted by Crippen LogP contribution is 2.45. The molecular formula is C23H25N3O2. The van der Waals surface area contributed by atoms with Gasteiger partial charge in [0, 0.05) is 24.7 Å². The number of Topliss-reactive ketones (excluding diaryl/α,β-unsaturated/α-hetero) is 1. The number of nitrogens with one attached hydrogen (secondary N) is 3. The van der Waals surface area contributed by atoms with Crippen molar-refractivity contribution in [2.45, 2.75) is 33.2 Å². The van der Waals surface area contributed by atoms with Crippen LogP contribution in [0.4, 0.5) is 17.1 Å². The highest BCUT2D eigenvalue weighted by molar-refractivity contribution is 5.91. The first-order valence-electron chi connectivity index (χ1n) is 9.58. The second-order valence-electron chi connectivity index (χ2n) is 8.30. The molecule has 1 aliphatic heterocycles. The van der Waals surface area contributed by atoms with Crippen molar-refractivity contribution < 1.29 is 9.59 Å². The molecule has 1 amide bonds. The number of carbonyl (C=O) groups excluding carboxylic acids is 2. The second-order valence-corrected chi connectivity index (χ2v) is 8.30. The largest absolute Gasteiger partial charge is 0.375 e. The maximum atomic E-state index is 13.2. The summed E-state index contributed by atoms with van der Waals surface area (Å²) in [6.45, 7) is 5.68. The molecule has 4 rings (SSSR count). The van der Waals surface area contributed by atoms with E-state index in [0.29, 0.717) is 6.42 Å². The molecule has 0 saturated carbocycles. The Morgan fingerprint density at radius 1 is 1.07 bits per heavy atom. The number of fused-ring (bicyclic) bond motifs is 2. The molecule has 5 heteroatoms. The zero-order valence-electron chi connectivity index (χ0n) is 16.4. The Morgan fingerprint density at radius 2 is 1.75 bits per heavy atom. The molecule has 2 aromatic rings. The highest BCUT2D eigenvalue weighted by Gasteiger charge is 2.41. The molecule has 3 N–H and O–H groups in total. The van der Waals surface area contributed by atoms with Gasteiger partial charge in [-0.15, -0.1) is 0 Å². The van der Waals surface area contributed by atoms with Crippen LogP contribution in [0.3, 0.4) is 0 Å². The van der Waals surface area contributed by atoms with Gasteiger partial charge < -0.3 is 16.0 Å². The Balaban J connectivity index is 1.78. The standard InChI is InChI=1S/C23H25N3O2/c1-14(27)24-16-10-8-15(9-11-16)22-21-19(12-23(2,3)13-20(21)28)25-17-6-4-5-7-18(17)26-22/h4-12,21-22,25-26H,13H2,1-3H3,(H,24,27). The minimum atomic E-state index is -0.285. The third-order valence-corrected chi connectivity index (χ3v) is 5.30. The van der Waals surface area contributed by atoms with Crippen LogP contribution in [0.5, 0.6) is 0 Å². The Bertz CT molecular complexity index is 960. The normalized spacial score (nSPS) is 22.5. The SMILES string of the molecule is CC(=O)Nc1ccc(C2Nc3ccccc3NC3=CC(C)(C)CC(=O)C32)cc1. The summed E-state index contributed by atoms with van der Waals surface area (Å²) in [5.41, 5.74) is 4.48. The van der Waals surface area contributed by atoms with E-state index in [2.05, 4.69) is 35.9 Å². The average Bonchev–Trinajstić information content (AvgIpc) is 2.77. The smallest absolute Gasteiger partial charge is 0.221 e. The van der Waals surface area contributed by atoms with Gasteiger partial charge in [-0.25, -0.2) is 0 Å². The lowest BCUT2D eigenvalue weighted by molar-refractivity contribution is -0.124. The molecule has 0 fully saturated rings. The molecule has 2 atom stereocenters. The Hall–Kier alpha value is -3.08. The summed E-state index contributed by atoms with van der Waals surface area (Å²) < 4.78 is 0. The fourth-order valence-corrected chi connectivity index (χ4v) is 4.15. The molecule has 1 heterocycles. The minimum Gasteiger partial charge on any atom is -0.375 e. The van der Waals surface area contributed by atoms with Gasteiger partial charge in [0.2, 0.25) is 5.91 Å². The molecule has 0 spiro atoms. The topological polar surface area (TPSA) is 70.2 Å². The zero-order chi connectivity index (χ0) is 19.9. The van der Waals surface area contributed by atoms with Crippen molar-refractivity contribution >= 4 is 28.8 Å². The van der Waals surface area contributed by atoms with Crippen molar-refractivity contribution in [2.75, 3.05) is 16.0 Å². The lowest BCUT2D eigenvalue weighted by Gasteiger charge is -2.35. The number of ketones is 1. The number of para-hydroxylation sites is 2. The lowest BCUT2D eigenvalue weighted by atomic mass is 9.72. The van der Waals surface area contributed by atoms with Crippen LogP contribution in [-0.4, -0.2) is 11.7 Å². The van der Waals surface area contributed by atoms with Crippen LogP contribution in [0.25, 0.3) is 0 Å². The molecule has 2 aliphatic rings. The molecule has 0 aromatic heterocycles. The van der Waals surface area contributed by atoms with Crippen LogP contribution in [0.15, 0.2) is 60.3 Å². The average molecular weight is 375 g/mol. The van der Waals surface area contributed by atoms with Crippen molar-refractivity contribution in [2.24, 2.45) is 11.3 Å². The van der Waals surface area contributed by atoms with E-state index in [0.717, 1.165) is 28.3 Å². The Kier molecular flexibility index (Phi) is 4.46. The highest BCUT2D eigenvalue weighted by atomic mass is 16.1. The van der Waals surface area contributed by atoms with E-state index in [1.165, 1.54) is 6.92 Å². The van der Waals surface area contributed by atoms with Gasteiger partial charge in [0.25, 0.3) is 0 Å². The molecule has 0 radical (unpaired) electrons. The summed E-state index contributed by atoms with van der Waals surface area (Å²) in [7, 11) is 0. The van der Waals surface area contributed by atoms with E-state index in [-0.39, 0.29) is 29.1 Å². The van der Waals surface area contributed by atoms with Gasteiger partial charge in [0.1, 0.15) is 5.78 Å². The van der Waals surface area contributed by atoms with Crippen LogP contribution in [-0.2, 0) is 9.59 Å². The quantitative estimate of drug-likeness (QED) is 0.710. The van der Waals surface area contributed by atoms with Gasteiger partial charge in [0.05, 0.1) is 23.3 Å². The van der Waals surface area contributed by atoms with Crippen molar-refractivity contribution in [1.29, 1.82) is 0 Å². The Labute approximate surface area is 165 Å². The van der Waals surface area contributed by atoms with Gasteiger partial charge in [0.15, 0.2) is 0 Å². The molecule has 144 valence electrons. The number of anilines is 3. The summed E-state index contributed by atoms with van der Waals surface area (Å²) in [6.07, 6.45) is 2.71. The van der Waals surface area contributed by atoms with E-state index < -0.39 is 0 Å². The van der Waals surface area contributed by atoms with Crippen molar-refractivity contribution in [3.63, 3.8) is 0 Å². The molecule has 0 bridgehead atoms. The summed E-state index contributed by atoms with van der Waals surface area (Å²) in [6, 6.07) is 15.5. The van der Waals surface area contributed by atoms with Crippen LogP contribution < -0.4 is 16.0 Å². The number of hydrogen-bond acceptors (Lipinski definition) is 4. The number of amides is 1. The fraction of sp³-hybridized carbons (Fsp3) is 0.304. The van der Waals surface area contributed by atoms with E-state index in [1.54, 1.807) is 0 Å². The van der Waals surface area contributed by atoms with Gasteiger partial charge >= 0.3 is 0 Å². The zero-order valence-corrected chi connectivity index (χ0v) is 16.4. The predicted octanol–water partition coefficient (Wildman–Crippen LogP) is 4.72. The van der Waals surface area contributed by atoms with E-state index >= 15 is 0 Å². The maximum Gasteiger partial charge on any atom is 0.221 e.